The van der Waals surface area contributed by atoms with E-state index in [0.29, 0.717) is 10.6 Å². The average Bonchev–Trinajstić information content (AvgIpc) is 3.00. The van der Waals surface area contributed by atoms with Gasteiger partial charge < -0.3 is 5.32 Å². The third kappa shape index (κ3) is 2.92. The third-order valence-electron chi connectivity index (χ3n) is 4.69. The van der Waals surface area contributed by atoms with Crippen molar-refractivity contribution in [1.29, 1.82) is 0 Å². The van der Waals surface area contributed by atoms with Crippen molar-refractivity contribution in [3.05, 3.63) is 71.8 Å². The van der Waals surface area contributed by atoms with Gasteiger partial charge in [0.15, 0.2) is 5.17 Å². The molecule has 0 amide bonds. The summed E-state index contributed by atoms with van der Waals surface area (Å²) in [6.07, 6.45) is 0. The van der Waals surface area contributed by atoms with Crippen molar-refractivity contribution in [2.45, 2.75) is 18.2 Å². The Balaban J connectivity index is 2.12. The zero-order chi connectivity index (χ0) is 18.9. The topological polar surface area (TPSA) is 70.6 Å². The second-order valence-electron chi connectivity index (χ2n) is 6.41. The first kappa shape index (κ1) is 18.6. The first-order valence-corrected chi connectivity index (χ1v) is 10.8. The molecule has 0 aromatic heterocycles. The Bertz CT molecular complexity index is 944. The lowest BCUT2D eigenvalue weighted by Crippen LogP contribution is -2.58. The summed E-state index contributed by atoms with van der Waals surface area (Å²) >= 11 is 5.50. The molecule has 2 aromatic rings. The van der Waals surface area contributed by atoms with Crippen LogP contribution in [0.3, 0.4) is 0 Å². The predicted molar refractivity (Wildman–Crippen MR) is 111 cm³/mol. The van der Waals surface area contributed by atoms with Crippen LogP contribution in [0.15, 0.2) is 65.7 Å². The van der Waals surface area contributed by atoms with Crippen LogP contribution in [0.2, 0.25) is 0 Å². The molecule has 1 heterocycles. The molecular formula is C19H21N3O2S2. The van der Waals surface area contributed by atoms with Gasteiger partial charge in [0.25, 0.3) is 0 Å². The van der Waals surface area contributed by atoms with Crippen LogP contribution < -0.4 is 10.0 Å². The Morgan fingerprint density at radius 3 is 2.27 bits per heavy atom. The molecule has 0 spiro atoms. The molecule has 0 aliphatic carbocycles. The van der Waals surface area contributed by atoms with Gasteiger partial charge in [-0.2, -0.15) is 0 Å². The van der Waals surface area contributed by atoms with Gasteiger partial charge in [0.2, 0.25) is 5.62 Å². The van der Waals surface area contributed by atoms with Crippen molar-refractivity contribution in [2.24, 2.45) is 4.99 Å². The summed E-state index contributed by atoms with van der Waals surface area (Å²) < 4.78 is 16.8. The molecule has 0 saturated heterocycles. The maximum atomic E-state index is 14.0. The van der Waals surface area contributed by atoms with E-state index in [1.807, 2.05) is 67.6 Å². The van der Waals surface area contributed by atoms with Gasteiger partial charge in [0, 0.05) is 0 Å². The zero-order valence-electron chi connectivity index (χ0n) is 14.6. The number of nitrogens with one attached hydrogen (secondary N) is 2. The molecule has 2 aromatic carbocycles. The molecule has 3 rings (SSSR count). The summed E-state index contributed by atoms with van der Waals surface area (Å²) in [6, 6.07) is 18.7. The van der Waals surface area contributed by atoms with Crippen molar-refractivity contribution in [3.8, 4) is 0 Å². The molecule has 5 nitrogen and oxygen atoms in total. The number of carbonyl (C=O) groups excluding carboxylic acids is 1. The summed E-state index contributed by atoms with van der Waals surface area (Å²) in [4.78, 5) is 17.2. The molecule has 7 heteroatoms. The van der Waals surface area contributed by atoms with Gasteiger partial charge in [0.05, 0.1) is 15.0 Å². The molecule has 1 unspecified atom stereocenters. The summed E-state index contributed by atoms with van der Waals surface area (Å²) in [6.45, 7) is 1.85. The van der Waals surface area contributed by atoms with E-state index in [9.17, 15) is 9.00 Å². The molecule has 1 aliphatic rings. The monoisotopic (exact) mass is 387 g/mol. The normalized spacial score (nSPS) is 21.4. The van der Waals surface area contributed by atoms with Gasteiger partial charge in [-0.3, -0.25) is 9.00 Å². The molecule has 2 N–H and O–H groups in total. The lowest BCUT2D eigenvalue weighted by atomic mass is 9.93. The highest BCUT2D eigenvalue weighted by Gasteiger charge is 2.49. The lowest BCUT2D eigenvalue weighted by Gasteiger charge is -2.35. The van der Waals surface area contributed by atoms with E-state index in [-0.39, 0.29) is 10.9 Å². The molecular weight excluding hydrogens is 366 g/mol. The molecule has 1 aliphatic heterocycles. The number of nitrogens with zero attached hydrogens (tertiary/aromatic N) is 1. The fraction of sp³-hybridized carbons (Fsp3) is 0.211. The molecule has 26 heavy (non-hydrogen) atoms. The average molecular weight is 388 g/mol. The minimum atomic E-state index is -4.14. The van der Waals surface area contributed by atoms with Crippen LogP contribution in [0.5, 0.6) is 0 Å². The number of aliphatic imine (C=N–C) groups is 1. The fourth-order valence-corrected chi connectivity index (χ4v) is 5.56. The van der Waals surface area contributed by atoms with Crippen LogP contribution in [0, 0.1) is 0 Å². The Kier molecular flexibility index (Phi) is 4.64. The van der Waals surface area contributed by atoms with E-state index < -0.39 is 14.8 Å². The molecule has 0 radical (unpaired) electrons. The standard InChI is InChI=1S/C19H21N3O2S2/c1-19(16-11-7-4-8-12-16)17(25)21-18(22-19)26(24,14-23,20-2)13-15-9-5-3-6-10-15/h3-12,14H,13H2,1-2H3,(H,20,24)(H,21,22,25). The Labute approximate surface area is 158 Å². The highest BCUT2D eigenvalue weighted by atomic mass is 32.3. The number of carbonyl (C=O) groups is 1. The minimum absolute atomic E-state index is 0.0113. The number of thiocarbonyl (C=S) groups is 1. The summed E-state index contributed by atoms with van der Waals surface area (Å²) in [7, 11) is -2.63. The van der Waals surface area contributed by atoms with Crippen LogP contribution in [0.4, 0.5) is 0 Å². The number of benzene rings is 2. The second kappa shape index (κ2) is 6.50. The Morgan fingerprint density at radius 2 is 1.73 bits per heavy atom. The molecule has 0 saturated carbocycles. The van der Waals surface area contributed by atoms with Gasteiger partial charge in [-0.05, 0) is 25.1 Å². The second-order valence-corrected chi connectivity index (χ2v) is 10.4. The fourth-order valence-electron chi connectivity index (χ4n) is 2.94. The predicted octanol–water partition coefficient (Wildman–Crippen LogP) is 2.53. The van der Waals surface area contributed by atoms with Crippen LogP contribution in [-0.4, -0.2) is 27.0 Å². The van der Waals surface area contributed by atoms with Crippen LogP contribution in [-0.2, 0) is 25.3 Å². The number of rotatable bonds is 5. The van der Waals surface area contributed by atoms with E-state index in [1.165, 1.54) is 7.05 Å². The Morgan fingerprint density at radius 1 is 1.15 bits per heavy atom. The van der Waals surface area contributed by atoms with E-state index in [1.54, 1.807) is 0 Å². The van der Waals surface area contributed by atoms with Gasteiger partial charge in [-0.1, -0.05) is 72.9 Å². The maximum absolute atomic E-state index is 14.0. The molecule has 0 bridgehead atoms. The number of hydrogen-bond donors (Lipinski definition) is 2. The quantitative estimate of drug-likeness (QED) is 0.611. The van der Waals surface area contributed by atoms with Crippen molar-refractivity contribution in [1.82, 2.24) is 10.0 Å². The van der Waals surface area contributed by atoms with Crippen LogP contribution >= 0.6 is 12.2 Å². The van der Waals surface area contributed by atoms with Gasteiger partial charge in [-0.25, -0.2) is 9.71 Å². The number of hydrogen-bond acceptors (Lipinski definition) is 4. The SMILES string of the molecule is CNS(=O)(C=O)(Cc1ccccc1)C1=NC(C)(c2ccccc2)C(=S)N1. The van der Waals surface area contributed by atoms with Gasteiger partial charge in [-0.15, -0.1) is 0 Å². The van der Waals surface area contributed by atoms with E-state index in [2.05, 4.69) is 15.0 Å². The first-order chi connectivity index (χ1) is 12.3. The minimum Gasteiger partial charge on any atom is -0.325 e. The summed E-state index contributed by atoms with van der Waals surface area (Å²) in [5.41, 5.74) is 1.25. The van der Waals surface area contributed by atoms with Crippen molar-refractivity contribution < 1.29 is 9.00 Å². The summed E-state index contributed by atoms with van der Waals surface area (Å²) in [5.74, 6) is 0.0113. The van der Waals surface area contributed by atoms with Crippen LogP contribution in [0.25, 0.3) is 0 Å². The first-order valence-electron chi connectivity index (χ1n) is 8.16. The van der Waals surface area contributed by atoms with Crippen molar-refractivity contribution >= 4 is 37.2 Å². The summed E-state index contributed by atoms with van der Waals surface area (Å²) in [5, 5.41) is 3.07. The van der Waals surface area contributed by atoms with Crippen molar-refractivity contribution in [3.63, 3.8) is 0 Å². The van der Waals surface area contributed by atoms with Gasteiger partial charge >= 0.3 is 0 Å². The highest BCUT2D eigenvalue weighted by Crippen LogP contribution is 2.36. The van der Waals surface area contributed by atoms with Crippen molar-refractivity contribution in [2.75, 3.05) is 7.05 Å². The van der Waals surface area contributed by atoms with Crippen LogP contribution in [0.1, 0.15) is 18.1 Å². The lowest BCUT2D eigenvalue weighted by molar-refractivity contribution is 0.563. The number of amidine groups is 1. The molecule has 0 fully saturated rings. The zero-order valence-corrected chi connectivity index (χ0v) is 16.3. The van der Waals surface area contributed by atoms with E-state index in [0.717, 1.165) is 11.1 Å². The largest absolute Gasteiger partial charge is 0.325 e. The smallest absolute Gasteiger partial charge is 0.204 e. The maximum Gasteiger partial charge on any atom is 0.204 e. The van der Waals surface area contributed by atoms with E-state index in [4.69, 9.17) is 12.2 Å². The molecule has 136 valence electrons. The Hall–Kier alpha value is -2.22. The molecule has 1 atom stereocenters. The highest BCUT2D eigenvalue weighted by molar-refractivity contribution is 8.39. The van der Waals surface area contributed by atoms with Gasteiger partial charge in [0.1, 0.15) is 10.5 Å². The third-order valence-corrected chi connectivity index (χ3v) is 8.44. The van der Waals surface area contributed by atoms with E-state index >= 15 is 0 Å².